The number of nitrogens with two attached hydrogens (primary N) is 1. The maximum atomic E-state index is 14.8. The standard InChI is InChI=1S/C18H22FN5O3/c19-14-9-12-15(25)13(18(26)27)10-24(11-1-2-11)16(12)21-17(14)23-7-5-22(4-3-20)6-8-23/h9-11H,1-8,20H2,(H,26,27). The Morgan fingerprint density at radius 3 is 2.59 bits per heavy atom. The highest BCUT2D eigenvalue weighted by atomic mass is 19.1. The molecule has 1 aliphatic carbocycles. The number of rotatable bonds is 5. The number of aromatic carboxylic acids is 1. The van der Waals surface area contributed by atoms with Gasteiger partial charge in [0.15, 0.2) is 11.6 Å². The Hall–Kier alpha value is -2.52. The molecular weight excluding hydrogens is 353 g/mol. The number of halogens is 1. The number of piperazine rings is 1. The first-order valence-corrected chi connectivity index (χ1v) is 9.15. The van der Waals surface area contributed by atoms with E-state index >= 15 is 0 Å². The van der Waals surface area contributed by atoms with Crippen molar-refractivity contribution in [1.82, 2.24) is 14.5 Å². The minimum atomic E-state index is -1.31. The number of carbonyl (C=O) groups is 1. The molecule has 2 aromatic rings. The summed E-state index contributed by atoms with van der Waals surface area (Å²) in [5.41, 5.74) is 4.90. The van der Waals surface area contributed by atoms with Gasteiger partial charge < -0.3 is 20.3 Å². The summed E-state index contributed by atoms with van der Waals surface area (Å²) in [6.07, 6.45) is 3.13. The normalized spacial score (nSPS) is 18.2. The molecule has 3 N–H and O–H groups in total. The summed E-state index contributed by atoms with van der Waals surface area (Å²) in [5, 5.41) is 9.32. The van der Waals surface area contributed by atoms with Gasteiger partial charge in [-0.05, 0) is 18.9 Å². The summed E-state index contributed by atoms with van der Waals surface area (Å²) in [6.45, 7) is 4.17. The number of hydrogen-bond acceptors (Lipinski definition) is 6. The zero-order chi connectivity index (χ0) is 19.1. The zero-order valence-electron chi connectivity index (χ0n) is 14.9. The Morgan fingerprint density at radius 2 is 2.00 bits per heavy atom. The van der Waals surface area contributed by atoms with Crippen molar-refractivity contribution < 1.29 is 14.3 Å². The van der Waals surface area contributed by atoms with Crippen LogP contribution in [0.2, 0.25) is 0 Å². The lowest BCUT2D eigenvalue weighted by Crippen LogP contribution is -2.48. The van der Waals surface area contributed by atoms with Gasteiger partial charge >= 0.3 is 5.97 Å². The van der Waals surface area contributed by atoms with E-state index in [1.807, 2.05) is 4.90 Å². The van der Waals surface area contributed by atoms with Crippen LogP contribution in [0.25, 0.3) is 11.0 Å². The molecule has 0 bridgehead atoms. The first kappa shape index (κ1) is 17.9. The van der Waals surface area contributed by atoms with Gasteiger partial charge in [0.25, 0.3) is 0 Å². The van der Waals surface area contributed by atoms with E-state index in [0.29, 0.717) is 25.3 Å². The summed E-state index contributed by atoms with van der Waals surface area (Å²) in [6, 6.07) is 1.25. The molecule has 0 atom stereocenters. The fourth-order valence-corrected chi connectivity index (χ4v) is 3.61. The van der Waals surface area contributed by atoms with Gasteiger partial charge in [0.05, 0.1) is 5.39 Å². The Kier molecular flexibility index (Phi) is 4.56. The van der Waals surface area contributed by atoms with Gasteiger partial charge in [-0.15, -0.1) is 0 Å². The van der Waals surface area contributed by atoms with Crippen molar-refractivity contribution in [2.45, 2.75) is 18.9 Å². The number of carboxylic acid groups (broad SMARTS) is 1. The molecule has 1 saturated carbocycles. The highest BCUT2D eigenvalue weighted by Crippen LogP contribution is 2.37. The second-order valence-corrected chi connectivity index (χ2v) is 7.10. The minimum absolute atomic E-state index is 0.0183. The lowest BCUT2D eigenvalue weighted by atomic mass is 10.1. The molecule has 1 aliphatic heterocycles. The molecule has 2 aliphatic rings. The highest BCUT2D eigenvalue weighted by molar-refractivity contribution is 5.92. The molecule has 1 saturated heterocycles. The van der Waals surface area contributed by atoms with Crippen LogP contribution < -0.4 is 16.1 Å². The average molecular weight is 375 g/mol. The van der Waals surface area contributed by atoms with Crippen LogP contribution in [-0.2, 0) is 0 Å². The van der Waals surface area contributed by atoms with Crippen molar-refractivity contribution in [2.75, 3.05) is 44.2 Å². The Morgan fingerprint density at radius 1 is 1.30 bits per heavy atom. The minimum Gasteiger partial charge on any atom is -0.477 e. The van der Waals surface area contributed by atoms with Gasteiger partial charge in [0, 0.05) is 51.5 Å². The molecule has 2 aromatic heterocycles. The van der Waals surface area contributed by atoms with Crippen molar-refractivity contribution in [3.05, 3.63) is 33.9 Å². The van der Waals surface area contributed by atoms with E-state index in [1.165, 1.54) is 6.20 Å². The molecule has 0 spiro atoms. The van der Waals surface area contributed by atoms with Crippen LogP contribution in [0.4, 0.5) is 10.2 Å². The molecule has 0 radical (unpaired) electrons. The van der Waals surface area contributed by atoms with Crippen LogP contribution >= 0.6 is 0 Å². The summed E-state index contributed by atoms with van der Waals surface area (Å²) < 4.78 is 16.5. The van der Waals surface area contributed by atoms with Crippen LogP contribution in [-0.4, -0.2) is 64.8 Å². The average Bonchev–Trinajstić information content (AvgIpc) is 3.48. The van der Waals surface area contributed by atoms with Gasteiger partial charge in [-0.1, -0.05) is 0 Å². The Labute approximate surface area is 155 Å². The van der Waals surface area contributed by atoms with Crippen LogP contribution in [0, 0.1) is 5.82 Å². The molecule has 9 heteroatoms. The van der Waals surface area contributed by atoms with E-state index in [0.717, 1.165) is 38.5 Å². The third-order valence-corrected chi connectivity index (χ3v) is 5.23. The van der Waals surface area contributed by atoms with Gasteiger partial charge in [-0.2, -0.15) is 0 Å². The van der Waals surface area contributed by atoms with Gasteiger partial charge in [-0.3, -0.25) is 9.69 Å². The van der Waals surface area contributed by atoms with Crippen LogP contribution in [0.15, 0.2) is 17.1 Å². The molecule has 27 heavy (non-hydrogen) atoms. The van der Waals surface area contributed by atoms with Crippen LogP contribution in [0.5, 0.6) is 0 Å². The monoisotopic (exact) mass is 375 g/mol. The highest BCUT2D eigenvalue weighted by Gasteiger charge is 2.29. The SMILES string of the molecule is NCCN1CCN(c2nc3c(cc2F)c(=O)c(C(=O)O)cn3C2CC2)CC1. The lowest BCUT2D eigenvalue weighted by Gasteiger charge is -2.35. The van der Waals surface area contributed by atoms with E-state index in [9.17, 15) is 19.1 Å². The zero-order valence-corrected chi connectivity index (χ0v) is 14.9. The molecule has 144 valence electrons. The maximum Gasteiger partial charge on any atom is 0.341 e. The van der Waals surface area contributed by atoms with Crippen molar-refractivity contribution in [3.8, 4) is 0 Å². The number of carboxylic acids is 1. The molecule has 2 fully saturated rings. The van der Waals surface area contributed by atoms with Gasteiger partial charge in [-0.25, -0.2) is 14.2 Å². The largest absolute Gasteiger partial charge is 0.477 e. The Bertz CT molecular complexity index is 948. The number of hydrogen-bond donors (Lipinski definition) is 2. The molecule has 0 amide bonds. The van der Waals surface area contributed by atoms with E-state index in [-0.39, 0.29) is 22.8 Å². The number of anilines is 1. The fraction of sp³-hybridized carbons (Fsp3) is 0.500. The summed E-state index contributed by atoms with van der Waals surface area (Å²) in [4.78, 5) is 32.4. The maximum absolute atomic E-state index is 14.8. The lowest BCUT2D eigenvalue weighted by molar-refractivity contribution is 0.0695. The number of aromatic nitrogens is 2. The molecule has 0 aromatic carbocycles. The summed E-state index contributed by atoms with van der Waals surface area (Å²) >= 11 is 0. The van der Waals surface area contributed by atoms with Gasteiger partial charge in [0.2, 0.25) is 5.43 Å². The predicted molar refractivity (Wildman–Crippen MR) is 98.9 cm³/mol. The van der Waals surface area contributed by atoms with E-state index in [1.54, 1.807) is 4.57 Å². The van der Waals surface area contributed by atoms with E-state index in [2.05, 4.69) is 9.88 Å². The molecular formula is C18H22FN5O3. The molecule has 4 rings (SSSR count). The number of nitrogens with zero attached hydrogens (tertiary/aromatic N) is 4. The van der Waals surface area contributed by atoms with Crippen molar-refractivity contribution >= 4 is 22.8 Å². The third kappa shape index (κ3) is 3.28. The molecule has 3 heterocycles. The van der Waals surface area contributed by atoms with E-state index < -0.39 is 17.2 Å². The summed E-state index contributed by atoms with van der Waals surface area (Å²) in [7, 11) is 0. The van der Waals surface area contributed by atoms with E-state index in [4.69, 9.17) is 5.73 Å². The molecule has 0 unspecified atom stereocenters. The molecule has 8 nitrogen and oxygen atoms in total. The quantitative estimate of drug-likeness (QED) is 0.791. The van der Waals surface area contributed by atoms with Crippen LogP contribution in [0.1, 0.15) is 29.2 Å². The summed E-state index contributed by atoms with van der Waals surface area (Å²) in [5.74, 6) is -1.69. The van der Waals surface area contributed by atoms with Crippen LogP contribution in [0.3, 0.4) is 0 Å². The smallest absolute Gasteiger partial charge is 0.341 e. The third-order valence-electron chi connectivity index (χ3n) is 5.23. The first-order chi connectivity index (χ1) is 13.0. The van der Waals surface area contributed by atoms with Gasteiger partial charge in [0.1, 0.15) is 11.2 Å². The first-order valence-electron chi connectivity index (χ1n) is 9.15. The predicted octanol–water partition coefficient (Wildman–Crippen LogP) is 0.649. The van der Waals surface area contributed by atoms with Crippen molar-refractivity contribution in [2.24, 2.45) is 5.73 Å². The van der Waals surface area contributed by atoms with Crippen molar-refractivity contribution in [1.29, 1.82) is 0 Å². The second-order valence-electron chi connectivity index (χ2n) is 7.10. The Balaban J connectivity index is 1.77. The fourth-order valence-electron chi connectivity index (χ4n) is 3.61. The van der Waals surface area contributed by atoms with Crippen molar-refractivity contribution in [3.63, 3.8) is 0 Å². The number of fused-ring (bicyclic) bond motifs is 1. The second kappa shape index (κ2) is 6.90. The topological polar surface area (TPSA) is 105 Å². The number of pyridine rings is 2.